The fourth-order valence-corrected chi connectivity index (χ4v) is 3.18. The van der Waals surface area contributed by atoms with Crippen molar-refractivity contribution in [2.75, 3.05) is 7.11 Å². The summed E-state index contributed by atoms with van der Waals surface area (Å²) >= 11 is 12.5. The van der Waals surface area contributed by atoms with Crippen LogP contribution in [0.5, 0.6) is 5.75 Å². The van der Waals surface area contributed by atoms with Crippen molar-refractivity contribution in [1.29, 1.82) is 0 Å². The summed E-state index contributed by atoms with van der Waals surface area (Å²) in [6, 6.07) is 16.0. The number of allylic oxidation sites excluding steroid dienone is 4. The van der Waals surface area contributed by atoms with Crippen LogP contribution in [0.3, 0.4) is 0 Å². The summed E-state index contributed by atoms with van der Waals surface area (Å²) in [5.41, 5.74) is 4.63. The van der Waals surface area contributed by atoms with Crippen LogP contribution in [0.15, 0.2) is 59.6 Å². The predicted octanol–water partition coefficient (Wildman–Crippen LogP) is 6.18. The van der Waals surface area contributed by atoms with E-state index in [-0.39, 0.29) is 0 Å². The Labute approximate surface area is 140 Å². The van der Waals surface area contributed by atoms with Gasteiger partial charge in [0.05, 0.1) is 7.11 Å². The Bertz CT molecular complexity index is 725. The Morgan fingerprint density at radius 1 is 0.864 bits per heavy atom. The first-order valence-electron chi connectivity index (χ1n) is 7.18. The number of hydrogen-bond acceptors (Lipinski definition) is 1. The van der Waals surface area contributed by atoms with Crippen LogP contribution in [0.4, 0.5) is 0 Å². The summed E-state index contributed by atoms with van der Waals surface area (Å²) in [5, 5.41) is 1.53. The van der Waals surface area contributed by atoms with Gasteiger partial charge < -0.3 is 4.74 Å². The van der Waals surface area contributed by atoms with Gasteiger partial charge in [0, 0.05) is 15.6 Å². The maximum absolute atomic E-state index is 6.51. The minimum Gasteiger partial charge on any atom is -0.497 e. The first-order chi connectivity index (χ1) is 10.7. The topological polar surface area (TPSA) is 9.23 Å². The van der Waals surface area contributed by atoms with Gasteiger partial charge in [0.1, 0.15) is 5.75 Å². The predicted molar refractivity (Wildman–Crippen MR) is 94.4 cm³/mol. The third-order valence-electron chi connectivity index (χ3n) is 3.83. The molecule has 0 spiro atoms. The normalized spacial score (nSPS) is 14.8. The molecule has 0 heterocycles. The molecule has 2 aromatic carbocycles. The van der Waals surface area contributed by atoms with E-state index in [1.807, 2.05) is 36.4 Å². The lowest BCUT2D eigenvalue weighted by molar-refractivity contribution is 0.415. The van der Waals surface area contributed by atoms with Gasteiger partial charge in [-0.1, -0.05) is 53.5 Å². The molecule has 22 heavy (non-hydrogen) atoms. The number of benzene rings is 2. The zero-order valence-corrected chi connectivity index (χ0v) is 13.8. The van der Waals surface area contributed by atoms with Gasteiger partial charge in [-0.15, -0.1) is 0 Å². The molecule has 0 atom stereocenters. The van der Waals surface area contributed by atoms with Crippen LogP contribution in [-0.4, -0.2) is 7.11 Å². The second-order valence-corrected chi connectivity index (χ2v) is 6.02. The zero-order chi connectivity index (χ0) is 15.5. The van der Waals surface area contributed by atoms with E-state index in [2.05, 4.69) is 18.2 Å². The molecule has 0 saturated carbocycles. The van der Waals surface area contributed by atoms with E-state index in [4.69, 9.17) is 27.9 Å². The van der Waals surface area contributed by atoms with E-state index in [1.165, 1.54) is 11.1 Å². The number of halogens is 2. The van der Waals surface area contributed by atoms with Crippen molar-refractivity contribution in [1.82, 2.24) is 0 Å². The zero-order valence-electron chi connectivity index (χ0n) is 12.3. The first-order valence-corrected chi connectivity index (χ1v) is 7.94. The molecule has 0 aromatic heterocycles. The van der Waals surface area contributed by atoms with Gasteiger partial charge in [0.15, 0.2) is 0 Å². The molecule has 0 amide bonds. The second kappa shape index (κ2) is 6.60. The maximum Gasteiger partial charge on any atom is 0.118 e. The van der Waals surface area contributed by atoms with Crippen molar-refractivity contribution in [3.63, 3.8) is 0 Å². The highest BCUT2D eigenvalue weighted by atomic mass is 35.5. The molecule has 2 aromatic rings. The van der Waals surface area contributed by atoms with Crippen LogP contribution in [0, 0.1) is 0 Å². The number of ether oxygens (including phenoxy) is 1. The van der Waals surface area contributed by atoms with Gasteiger partial charge in [0.2, 0.25) is 0 Å². The molecule has 1 nitrogen and oxygen atoms in total. The first kappa shape index (κ1) is 15.2. The molecule has 1 aliphatic rings. The van der Waals surface area contributed by atoms with Gasteiger partial charge in [-0.05, 0) is 53.8 Å². The third-order valence-corrected chi connectivity index (χ3v) is 4.43. The van der Waals surface area contributed by atoms with E-state index in [1.54, 1.807) is 7.11 Å². The molecule has 112 valence electrons. The Balaban J connectivity index is 2.11. The average Bonchev–Trinajstić information content (AvgIpc) is 2.56. The molecular formula is C19H16Cl2O. The fraction of sp³-hybridized carbons (Fsp3) is 0.158. The Morgan fingerprint density at radius 2 is 1.50 bits per heavy atom. The van der Waals surface area contributed by atoms with Crippen molar-refractivity contribution in [2.24, 2.45) is 0 Å². The van der Waals surface area contributed by atoms with E-state index >= 15 is 0 Å². The van der Waals surface area contributed by atoms with Crippen molar-refractivity contribution in [3.8, 4) is 5.75 Å². The standard InChI is InChI=1S/C19H16Cl2O/c1-22-16-11-7-13(8-12-16)17-3-2-4-18(21)19(17)14-5-9-15(20)10-6-14/h4-12H,2-3H2,1H3. The minimum atomic E-state index is 0.728. The molecule has 3 rings (SSSR count). The van der Waals surface area contributed by atoms with Gasteiger partial charge in [-0.3, -0.25) is 0 Å². The summed E-state index contributed by atoms with van der Waals surface area (Å²) in [7, 11) is 1.67. The highest BCUT2D eigenvalue weighted by molar-refractivity contribution is 6.39. The molecule has 0 N–H and O–H groups in total. The van der Waals surface area contributed by atoms with Gasteiger partial charge >= 0.3 is 0 Å². The molecule has 0 unspecified atom stereocenters. The number of rotatable bonds is 3. The van der Waals surface area contributed by atoms with Crippen LogP contribution in [0.2, 0.25) is 5.02 Å². The molecule has 1 aliphatic carbocycles. The lowest BCUT2D eigenvalue weighted by Crippen LogP contribution is -1.98. The molecular weight excluding hydrogens is 315 g/mol. The summed E-state index contributed by atoms with van der Waals surface area (Å²) in [5.74, 6) is 0.856. The van der Waals surface area contributed by atoms with Crippen LogP contribution >= 0.6 is 23.2 Å². The minimum absolute atomic E-state index is 0.728. The highest BCUT2D eigenvalue weighted by Gasteiger charge is 2.18. The van der Waals surface area contributed by atoms with Crippen molar-refractivity contribution in [2.45, 2.75) is 12.8 Å². The Kier molecular flexibility index (Phi) is 4.56. The third kappa shape index (κ3) is 3.06. The fourth-order valence-electron chi connectivity index (χ4n) is 2.72. The molecule has 0 fully saturated rings. The van der Waals surface area contributed by atoms with Crippen LogP contribution in [0.1, 0.15) is 24.0 Å². The quantitative estimate of drug-likeness (QED) is 0.653. The summed E-state index contributed by atoms with van der Waals surface area (Å²) in [4.78, 5) is 0. The van der Waals surface area contributed by atoms with E-state index in [9.17, 15) is 0 Å². The molecule has 3 heteroatoms. The van der Waals surface area contributed by atoms with Crippen molar-refractivity contribution < 1.29 is 4.74 Å². The van der Waals surface area contributed by atoms with Crippen molar-refractivity contribution >= 4 is 34.3 Å². The van der Waals surface area contributed by atoms with Crippen LogP contribution in [-0.2, 0) is 0 Å². The van der Waals surface area contributed by atoms with Crippen LogP contribution in [0.25, 0.3) is 11.1 Å². The van der Waals surface area contributed by atoms with E-state index < -0.39 is 0 Å². The summed E-state index contributed by atoms with van der Waals surface area (Å²) in [6.45, 7) is 0. The van der Waals surface area contributed by atoms with Gasteiger partial charge in [0.25, 0.3) is 0 Å². The smallest absolute Gasteiger partial charge is 0.118 e. The van der Waals surface area contributed by atoms with Crippen LogP contribution < -0.4 is 4.74 Å². The summed E-state index contributed by atoms with van der Waals surface area (Å²) in [6.07, 6.45) is 4.01. The van der Waals surface area contributed by atoms with E-state index in [0.717, 1.165) is 39.8 Å². The van der Waals surface area contributed by atoms with Gasteiger partial charge in [-0.2, -0.15) is 0 Å². The van der Waals surface area contributed by atoms with E-state index in [0.29, 0.717) is 0 Å². The molecule has 0 radical (unpaired) electrons. The largest absolute Gasteiger partial charge is 0.497 e. The Morgan fingerprint density at radius 3 is 2.14 bits per heavy atom. The second-order valence-electron chi connectivity index (χ2n) is 5.18. The molecule has 0 aliphatic heterocycles. The maximum atomic E-state index is 6.51. The average molecular weight is 331 g/mol. The highest BCUT2D eigenvalue weighted by Crippen LogP contribution is 2.40. The lowest BCUT2D eigenvalue weighted by Gasteiger charge is -2.20. The number of hydrogen-bond donors (Lipinski definition) is 0. The Hall–Kier alpha value is -1.70. The molecule has 0 saturated heterocycles. The summed E-state index contributed by atoms with van der Waals surface area (Å²) < 4.78 is 5.23. The molecule has 0 bridgehead atoms. The SMILES string of the molecule is COc1ccc(C2=C(c3ccc(Cl)cc3)C(Cl)=CCC2)cc1. The van der Waals surface area contributed by atoms with Crippen molar-refractivity contribution in [3.05, 3.63) is 75.8 Å². The van der Waals surface area contributed by atoms with Gasteiger partial charge in [-0.25, -0.2) is 0 Å². The monoisotopic (exact) mass is 330 g/mol. The number of methoxy groups -OCH3 is 1. The lowest BCUT2D eigenvalue weighted by atomic mass is 9.88.